The van der Waals surface area contributed by atoms with Crippen LogP contribution in [0.1, 0.15) is 181 Å². The normalized spacial score (nSPS) is 14.0. The number of quaternary nitrogens is 1. The van der Waals surface area contributed by atoms with Crippen molar-refractivity contribution in [2.75, 3.05) is 47.5 Å². The molecule has 326 valence electrons. The molecular formula is C46H85NO8P+. The summed E-state index contributed by atoms with van der Waals surface area (Å²) < 4.78 is 34.2. The Kier molecular flexibility index (Phi) is 37.1. The lowest BCUT2D eigenvalue weighted by Crippen LogP contribution is -2.37. The number of rotatable bonds is 40. The molecule has 0 spiro atoms. The number of likely N-dealkylation sites (N-methyl/N-ethyl adjacent to an activating group) is 1. The highest BCUT2D eigenvalue weighted by molar-refractivity contribution is 7.47. The van der Waals surface area contributed by atoms with Gasteiger partial charge in [-0.05, 0) is 70.6 Å². The fourth-order valence-corrected chi connectivity index (χ4v) is 6.53. The lowest BCUT2D eigenvalue weighted by atomic mass is 10.1. The highest BCUT2D eigenvalue weighted by Gasteiger charge is 2.27. The molecule has 0 aliphatic heterocycles. The minimum Gasteiger partial charge on any atom is -0.462 e. The molecule has 0 heterocycles. The number of hydrogen-bond acceptors (Lipinski definition) is 7. The van der Waals surface area contributed by atoms with Gasteiger partial charge < -0.3 is 18.9 Å². The lowest BCUT2D eigenvalue weighted by molar-refractivity contribution is -0.870. The first-order chi connectivity index (χ1) is 27.0. The van der Waals surface area contributed by atoms with Crippen molar-refractivity contribution in [1.82, 2.24) is 0 Å². The molecular weight excluding hydrogens is 725 g/mol. The van der Waals surface area contributed by atoms with E-state index in [-0.39, 0.29) is 32.0 Å². The highest BCUT2D eigenvalue weighted by atomic mass is 31.2. The van der Waals surface area contributed by atoms with Crippen LogP contribution in [-0.4, -0.2) is 74.9 Å². The molecule has 0 aromatic rings. The van der Waals surface area contributed by atoms with E-state index in [1.54, 1.807) is 0 Å². The summed E-state index contributed by atoms with van der Waals surface area (Å²) in [5.74, 6) is -0.866. The van der Waals surface area contributed by atoms with Crippen molar-refractivity contribution in [2.45, 2.75) is 187 Å². The van der Waals surface area contributed by atoms with Crippen LogP contribution < -0.4 is 0 Å². The maximum atomic E-state index is 12.7. The second kappa shape index (κ2) is 38.5. The first-order valence-corrected chi connectivity index (χ1v) is 23.9. The van der Waals surface area contributed by atoms with Gasteiger partial charge in [-0.1, -0.05) is 146 Å². The minimum atomic E-state index is -4.39. The molecule has 56 heavy (non-hydrogen) atoms. The van der Waals surface area contributed by atoms with Gasteiger partial charge in [0.15, 0.2) is 6.10 Å². The van der Waals surface area contributed by atoms with Gasteiger partial charge in [0.05, 0.1) is 27.7 Å². The van der Waals surface area contributed by atoms with Crippen LogP contribution in [0.4, 0.5) is 0 Å². The zero-order valence-corrected chi connectivity index (χ0v) is 37.5. The van der Waals surface area contributed by atoms with Crippen LogP contribution >= 0.6 is 7.82 Å². The topological polar surface area (TPSA) is 108 Å². The number of esters is 2. The zero-order valence-electron chi connectivity index (χ0n) is 36.6. The summed E-state index contributed by atoms with van der Waals surface area (Å²) >= 11 is 0. The Bertz CT molecular complexity index is 1100. The standard InChI is InChI=1S/C46H84NO8P/c1-6-8-10-12-14-16-18-20-22-23-25-27-29-31-33-35-37-39-46(49)55-44(43-54-56(50,51)53-41-40-47(3,4)5)42-52-45(48)38-36-34-32-30-28-26-24-21-19-17-15-13-11-9-7-2/h17,19-20,22,25,27,31,33,44H,6-16,18,21,23-24,26,28-30,32,34-43H2,1-5H3/p+1/b19-17+,22-20+,27-25+,33-31+/t44-/m1/s1. The maximum absolute atomic E-state index is 12.7. The van der Waals surface area contributed by atoms with E-state index in [2.05, 4.69) is 62.5 Å². The number of carbonyl (C=O) groups is 2. The van der Waals surface area contributed by atoms with E-state index >= 15 is 0 Å². The first kappa shape index (κ1) is 54.0. The fraction of sp³-hybridized carbons (Fsp3) is 0.783. The number of ether oxygens (including phenoxy) is 2. The van der Waals surface area contributed by atoms with E-state index in [9.17, 15) is 19.0 Å². The number of hydrogen-bond donors (Lipinski definition) is 1. The molecule has 2 atom stereocenters. The Morgan fingerprint density at radius 2 is 0.982 bits per heavy atom. The average molecular weight is 811 g/mol. The second-order valence-corrected chi connectivity index (χ2v) is 17.5. The van der Waals surface area contributed by atoms with Crippen molar-refractivity contribution in [3.05, 3.63) is 48.6 Å². The van der Waals surface area contributed by atoms with E-state index in [1.165, 1.54) is 89.9 Å². The summed E-state index contributed by atoms with van der Waals surface area (Å²) in [7, 11) is 1.44. The van der Waals surface area contributed by atoms with Crippen LogP contribution in [0, 0.1) is 0 Å². The third kappa shape index (κ3) is 41.6. The number of unbranched alkanes of at least 4 members (excludes halogenated alkanes) is 18. The SMILES string of the molecule is CCCCCC/C=C/CCCCCCCCCC(=O)OC[C@H](COP(=O)(O)OCC[N+](C)(C)C)OC(=O)CCC/C=C/C/C=C/C/C=C/CCCCCCCC. The Morgan fingerprint density at radius 3 is 1.52 bits per heavy atom. The van der Waals surface area contributed by atoms with E-state index in [0.29, 0.717) is 17.4 Å². The van der Waals surface area contributed by atoms with Crippen LogP contribution in [0.2, 0.25) is 0 Å². The smallest absolute Gasteiger partial charge is 0.462 e. The van der Waals surface area contributed by atoms with E-state index in [4.69, 9.17) is 18.5 Å². The van der Waals surface area contributed by atoms with Crippen molar-refractivity contribution in [2.24, 2.45) is 0 Å². The number of phosphoric acid groups is 1. The van der Waals surface area contributed by atoms with E-state index in [0.717, 1.165) is 57.8 Å². The molecule has 0 amide bonds. The summed E-state index contributed by atoms with van der Waals surface area (Å²) in [6, 6.07) is 0. The van der Waals surface area contributed by atoms with Crippen LogP contribution in [0.3, 0.4) is 0 Å². The Labute approximate surface area is 343 Å². The number of carbonyl (C=O) groups excluding carboxylic acids is 2. The summed E-state index contributed by atoms with van der Waals surface area (Å²) in [6.45, 7) is 4.34. The predicted molar refractivity (Wildman–Crippen MR) is 233 cm³/mol. The molecule has 0 fully saturated rings. The van der Waals surface area contributed by atoms with Gasteiger partial charge in [0.1, 0.15) is 19.8 Å². The molecule has 0 aliphatic carbocycles. The Hall–Kier alpha value is -2.03. The van der Waals surface area contributed by atoms with E-state index in [1.807, 2.05) is 21.1 Å². The molecule has 0 saturated heterocycles. The van der Waals surface area contributed by atoms with Gasteiger partial charge in [-0.3, -0.25) is 18.6 Å². The van der Waals surface area contributed by atoms with Crippen molar-refractivity contribution >= 4 is 19.8 Å². The molecule has 0 bridgehead atoms. The van der Waals surface area contributed by atoms with Gasteiger partial charge in [-0.2, -0.15) is 0 Å². The lowest BCUT2D eigenvalue weighted by Gasteiger charge is -2.24. The van der Waals surface area contributed by atoms with Gasteiger partial charge in [0.2, 0.25) is 0 Å². The molecule has 10 heteroatoms. The van der Waals surface area contributed by atoms with E-state index < -0.39 is 26.5 Å². The van der Waals surface area contributed by atoms with Crippen molar-refractivity contribution in [3.8, 4) is 0 Å². The van der Waals surface area contributed by atoms with Crippen molar-refractivity contribution < 1.29 is 42.1 Å². The third-order valence-corrected chi connectivity index (χ3v) is 10.3. The molecule has 0 radical (unpaired) electrons. The van der Waals surface area contributed by atoms with Crippen molar-refractivity contribution in [1.29, 1.82) is 0 Å². The second-order valence-electron chi connectivity index (χ2n) is 16.1. The molecule has 9 nitrogen and oxygen atoms in total. The summed E-state index contributed by atoms with van der Waals surface area (Å²) in [5, 5.41) is 0. The molecule has 0 aliphatic rings. The number of phosphoric ester groups is 1. The number of nitrogens with zero attached hydrogens (tertiary/aromatic N) is 1. The number of allylic oxidation sites excluding steroid dienone is 8. The Morgan fingerprint density at radius 1 is 0.554 bits per heavy atom. The summed E-state index contributed by atoms with van der Waals surface area (Å²) in [6.07, 6.45) is 44.5. The summed E-state index contributed by atoms with van der Waals surface area (Å²) in [4.78, 5) is 35.3. The molecule has 0 rings (SSSR count). The average Bonchev–Trinajstić information content (AvgIpc) is 3.15. The van der Waals surface area contributed by atoms with Crippen molar-refractivity contribution in [3.63, 3.8) is 0 Å². The molecule has 1 unspecified atom stereocenters. The maximum Gasteiger partial charge on any atom is 0.472 e. The van der Waals surface area contributed by atoms with Gasteiger partial charge in [-0.25, -0.2) is 4.57 Å². The quantitative estimate of drug-likeness (QED) is 0.0214. The Balaban J connectivity index is 4.45. The van der Waals surface area contributed by atoms with Crippen LogP contribution in [-0.2, 0) is 32.7 Å². The zero-order chi connectivity index (χ0) is 41.4. The first-order valence-electron chi connectivity index (χ1n) is 22.4. The van der Waals surface area contributed by atoms with Crippen LogP contribution in [0.15, 0.2) is 48.6 Å². The minimum absolute atomic E-state index is 0.0208. The van der Waals surface area contributed by atoms with Gasteiger partial charge in [-0.15, -0.1) is 0 Å². The largest absolute Gasteiger partial charge is 0.472 e. The third-order valence-electron chi connectivity index (χ3n) is 9.33. The predicted octanol–water partition coefficient (Wildman–Crippen LogP) is 12.7. The highest BCUT2D eigenvalue weighted by Crippen LogP contribution is 2.43. The molecule has 0 aromatic carbocycles. The van der Waals surface area contributed by atoms with Crippen LogP contribution in [0.5, 0.6) is 0 Å². The monoisotopic (exact) mass is 811 g/mol. The molecule has 0 saturated carbocycles. The fourth-order valence-electron chi connectivity index (χ4n) is 5.79. The summed E-state index contributed by atoms with van der Waals surface area (Å²) in [5.41, 5.74) is 0. The van der Waals surface area contributed by atoms with Crippen LogP contribution in [0.25, 0.3) is 0 Å². The molecule has 1 N–H and O–H groups in total. The molecule has 0 aromatic heterocycles. The van der Waals surface area contributed by atoms with Gasteiger partial charge in [0, 0.05) is 12.8 Å². The van der Waals surface area contributed by atoms with Gasteiger partial charge >= 0.3 is 19.8 Å². The van der Waals surface area contributed by atoms with Gasteiger partial charge in [0.25, 0.3) is 0 Å².